The highest BCUT2D eigenvalue weighted by atomic mass is 16.6. The summed E-state index contributed by atoms with van der Waals surface area (Å²) >= 11 is 0. The van der Waals surface area contributed by atoms with E-state index in [9.17, 15) is 4.79 Å². The molecule has 21 heavy (non-hydrogen) atoms. The number of hydrogen-bond donors (Lipinski definition) is 0. The van der Waals surface area contributed by atoms with Gasteiger partial charge in [0.2, 0.25) is 0 Å². The first-order valence-electron chi connectivity index (χ1n) is 7.46. The molecule has 0 bridgehead atoms. The second kappa shape index (κ2) is 9.27. The first kappa shape index (κ1) is 19.3. The topological polar surface area (TPSA) is 38.8 Å². The molecule has 1 heterocycles. The Balaban J connectivity index is 0.00000191. The number of carbonyl (C=O) groups is 1. The summed E-state index contributed by atoms with van der Waals surface area (Å²) in [4.78, 5) is 13.7. The van der Waals surface area contributed by atoms with E-state index in [0.29, 0.717) is 19.7 Å². The number of ether oxygens (including phenoxy) is 2. The highest BCUT2D eigenvalue weighted by Crippen LogP contribution is 2.17. The van der Waals surface area contributed by atoms with E-state index in [1.165, 1.54) is 0 Å². The van der Waals surface area contributed by atoms with Crippen molar-refractivity contribution in [3.63, 3.8) is 0 Å². The number of carbonyl (C=O) groups excluding carboxylic acids is 1. The van der Waals surface area contributed by atoms with Crippen molar-refractivity contribution in [1.82, 2.24) is 4.90 Å². The van der Waals surface area contributed by atoms with E-state index in [-0.39, 0.29) is 6.09 Å². The third kappa shape index (κ3) is 7.02. The van der Waals surface area contributed by atoms with Gasteiger partial charge in [-0.25, -0.2) is 4.79 Å². The predicted molar refractivity (Wildman–Crippen MR) is 87.1 cm³/mol. The molecule has 0 saturated heterocycles. The number of rotatable bonds is 2. The van der Waals surface area contributed by atoms with Gasteiger partial charge < -0.3 is 14.4 Å². The maximum atomic E-state index is 12.1. The van der Waals surface area contributed by atoms with Gasteiger partial charge in [-0.15, -0.1) is 0 Å². The van der Waals surface area contributed by atoms with Crippen molar-refractivity contribution in [3.05, 3.63) is 36.1 Å². The van der Waals surface area contributed by atoms with E-state index >= 15 is 0 Å². The van der Waals surface area contributed by atoms with Gasteiger partial charge in [0.05, 0.1) is 13.1 Å². The molecule has 0 unspecified atom stereocenters. The van der Waals surface area contributed by atoms with Gasteiger partial charge in [-0.3, -0.25) is 0 Å². The van der Waals surface area contributed by atoms with E-state index in [1.807, 2.05) is 53.7 Å². The van der Waals surface area contributed by atoms with Crippen LogP contribution in [-0.4, -0.2) is 36.3 Å². The van der Waals surface area contributed by atoms with Crippen LogP contribution in [0.3, 0.4) is 0 Å². The number of allylic oxidation sites excluding steroid dienone is 2. The Morgan fingerprint density at radius 2 is 2.00 bits per heavy atom. The zero-order valence-corrected chi connectivity index (χ0v) is 14.2. The zero-order chi connectivity index (χ0) is 16.5. The van der Waals surface area contributed by atoms with Crippen LogP contribution in [0.2, 0.25) is 0 Å². The normalized spacial score (nSPS) is 15.8. The van der Waals surface area contributed by atoms with E-state index in [1.54, 1.807) is 11.0 Å². The molecule has 0 aliphatic carbocycles. The van der Waals surface area contributed by atoms with Gasteiger partial charge in [0.25, 0.3) is 0 Å². The average Bonchev–Trinajstić information content (AvgIpc) is 2.62. The molecule has 0 N–H and O–H groups in total. The summed E-state index contributed by atoms with van der Waals surface area (Å²) < 4.78 is 11.0. The predicted octanol–water partition coefficient (Wildman–Crippen LogP) is 4.30. The molecule has 0 spiro atoms. The third-order valence-electron chi connectivity index (χ3n) is 2.51. The summed E-state index contributed by atoms with van der Waals surface area (Å²) in [6.07, 6.45) is 5.19. The van der Waals surface area contributed by atoms with Crippen LogP contribution < -0.4 is 0 Å². The van der Waals surface area contributed by atoms with E-state index in [4.69, 9.17) is 9.47 Å². The number of nitrogens with zero attached hydrogens (tertiary/aromatic N) is 1. The lowest BCUT2D eigenvalue weighted by Gasteiger charge is -2.26. The molecule has 0 aromatic carbocycles. The van der Waals surface area contributed by atoms with E-state index < -0.39 is 5.60 Å². The quantitative estimate of drug-likeness (QED) is 0.762. The highest BCUT2D eigenvalue weighted by molar-refractivity contribution is 5.68. The molecule has 0 aromatic heterocycles. The molecule has 4 nitrogen and oxygen atoms in total. The van der Waals surface area contributed by atoms with Crippen LogP contribution in [0.25, 0.3) is 0 Å². The molecule has 120 valence electrons. The van der Waals surface area contributed by atoms with Crippen molar-refractivity contribution in [2.45, 2.75) is 47.1 Å². The molecule has 0 atom stereocenters. The standard InChI is InChI=1S/C15H23NO3.C2H6/c1-6-8-13-12(7-2)11-16(9-10-18-13)14(17)19-15(3,4)5;1-2/h6-8H,2,9-11H2,1,3-5H3;1-2H3/b8-6-;. The van der Waals surface area contributed by atoms with Gasteiger partial charge in [-0.05, 0) is 33.8 Å². The van der Waals surface area contributed by atoms with Crippen LogP contribution in [0.1, 0.15) is 41.5 Å². The van der Waals surface area contributed by atoms with Crippen molar-refractivity contribution < 1.29 is 14.3 Å². The zero-order valence-electron chi connectivity index (χ0n) is 14.2. The largest absolute Gasteiger partial charge is 0.491 e. The van der Waals surface area contributed by atoms with Crippen molar-refractivity contribution in [1.29, 1.82) is 0 Å². The van der Waals surface area contributed by atoms with Crippen LogP contribution >= 0.6 is 0 Å². The average molecular weight is 295 g/mol. The maximum Gasteiger partial charge on any atom is 0.410 e. The molecule has 0 aromatic rings. The Morgan fingerprint density at radius 3 is 2.48 bits per heavy atom. The van der Waals surface area contributed by atoms with Gasteiger partial charge in [0.15, 0.2) is 0 Å². The van der Waals surface area contributed by atoms with Gasteiger partial charge in [-0.2, -0.15) is 0 Å². The molecular weight excluding hydrogens is 266 g/mol. The molecule has 0 saturated carbocycles. The summed E-state index contributed by atoms with van der Waals surface area (Å²) in [6.45, 7) is 16.7. The van der Waals surface area contributed by atoms with Gasteiger partial charge in [0, 0.05) is 5.57 Å². The monoisotopic (exact) mass is 295 g/mol. The van der Waals surface area contributed by atoms with Gasteiger partial charge in [-0.1, -0.05) is 32.6 Å². The third-order valence-corrected chi connectivity index (χ3v) is 2.51. The molecular formula is C17H29NO3. The van der Waals surface area contributed by atoms with Crippen LogP contribution in [-0.2, 0) is 9.47 Å². The number of hydrogen-bond acceptors (Lipinski definition) is 3. The van der Waals surface area contributed by atoms with Crippen LogP contribution in [0.15, 0.2) is 36.1 Å². The summed E-state index contributed by atoms with van der Waals surface area (Å²) in [6, 6.07) is 0. The second-order valence-corrected chi connectivity index (χ2v) is 5.34. The Morgan fingerprint density at radius 1 is 1.38 bits per heavy atom. The SMILES string of the molecule is C=CC1=C(/C=C\C)OCCN(C(=O)OC(C)(C)C)C1.CC. The first-order valence-corrected chi connectivity index (χ1v) is 7.46. The molecule has 0 fully saturated rings. The van der Waals surface area contributed by atoms with E-state index in [0.717, 1.165) is 11.3 Å². The summed E-state index contributed by atoms with van der Waals surface area (Å²) in [5, 5.41) is 0. The maximum absolute atomic E-state index is 12.1. The lowest BCUT2D eigenvalue weighted by atomic mass is 10.2. The Hall–Kier alpha value is -1.71. The highest BCUT2D eigenvalue weighted by Gasteiger charge is 2.24. The smallest absolute Gasteiger partial charge is 0.410 e. The van der Waals surface area contributed by atoms with Crippen LogP contribution in [0, 0.1) is 0 Å². The summed E-state index contributed by atoms with van der Waals surface area (Å²) in [7, 11) is 0. The minimum Gasteiger partial charge on any atom is -0.491 e. The summed E-state index contributed by atoms with van der Waals surface area (Å²) in [5.41, 5.74) is 0.399. The lowest BCUT2D eigenvalue weighted by Crippen LogP contribution is -2.38. The Bertz CT molecular complexity index is 403. The fourth-order valence-electron chi connectivity index (χ4n) is 1.68. The molecule has 1 aliphatic heterocycles. The Labute approximate surface area is 129 Å². The number of amides is 1. The molecule has 4 heteroatoms. The van der Waals surface area contributed by atoms with Gasteiger partial charge in [0.1, 0.15) is 18.0 Å². The van der Waals surface area contributed by atoms with Crippen molar-refractivity contribution in [2.75, 3.05) is 19.7 Å². The second-order valence-electron chi connectivity index (χ2n) is 5.34. The van der Waals surface area contributed by atoms with Crippen LogP contribution in [0.5, 0.6) is 0 Å². The fourth-order valence-corrected chi connectivity index (χ4v) is 1.68. The molecule has 1 aliphatic rings. The minimum atomic E-state index is -0.492. The minimum absolute atomic E-state index is 0.322. The van der Waals surface area contributed by atoms with Crippen molar-refractivity contribution in [3.8, 4) is 0 Å². The van der Waals surface area contributed by atoms with Crippen molar-refractivity contribution in [2.24, 2.45) is 0 Å². The van der Waals surface area contributed by atoms with E-state index in [2.05, 4.69) is 6.58 Å². The van der Waals surface area contributed by atoms with Crippen molar-refractivity contribution >= 4 is 6.09 Å². The summed E-state index contributed by atoms with van der Waals surface area (Å²) in [5.74, 6) is 0.767. The fraction of sp³-hybridized carbons (Fsp3) is 0.588. The molecule has 0 radical (unpaired) electrons. The Kier molecular flexibility index (Phi) is 8.51. The lowest BCUT2D eigenvalue weighted by molar-refractivity contribution is 0.0248. The van der Waals surface area contributed by atoms with Crippen LogP contribution in [0.4, 0.5) is 4.79 Å². The van der Waals surface area contributed by atoms with Gasteiger partial charge >= 0.3 is 6.09 Å². The molecule has 1 rings (SSSR count). The first-order chi connectivity index (χ1) is 9.87. The molecule has 1 amide bonds.